The van der Waals surface area contributed by atoms with Gasteiger partial charge in [-0.05, 0) is 32.1 Å². The highest BCUT2D eigenvalue weighted by Gasteiger charge is 2.00. The summed E-state index contributed by atoms with van der Waals surface area (Å²) in [6.45, 7) is 0. The fraction of sp³-hybridized carbons (Fsp3) is 0.600. The number of unbranched alkanes of at least 4 members (excludes halogenated alkanes) is 5. The standard InChI is InChI=1S/5C5H9NO3/c5*6-9-5(8)3-1-2-4-7/h5*4H,1-3,6H2. The number of aldehydes is 5. The third-order valence-electron chi connectivity index (χ3n) is 4.17. The summed E-state index contributed by atoms with van der Waals surface area (Å²) in [4.78, 5) is 119. The van der Waals surface area contributed by atoms with Crippen molar-refractivity contribution in [1.29, 1.82) is 0 Å². The molecule has 20 nitrogen and oxygen atoms in total. The Morgan fingerprint density at radius 2 is 0.467 bits per heavy atom. The molecule has 10 N–H and O–H groups in total. The van der Waals surface area contributed by atoms with Crippen molar-refractivity contribution in [2.24, 2.45) is 29.5 Å². The van der Waals surface area contributed by atoms with Crippen molar-refractivity contribution in [1.82, 2.24) is 0 Å². The van der Waals surface area contributed by atoms with Crippen LogP contribution in [0.4, 0.5) is 0 Å². The van der Waals surface area contributed by atoms with Crippen LogP contribution in [0.5, 0.6) is 0 Å². The summed E-state index contributed by atoms with van der Waals surface area (Å²) in [6, 6.07) is 0. The van der Waals surface area contributed by atoms with Gasteiger partial charge in [0.15, 0.2) is 0 Å². The molecular formula is C25H45N5O15. The molecule has 0 bridgehead atoms. The van der Waals surface area contributed by atoms with Gasteiger partial charge in [-0.25, -0.2) is 0 Å². The topological polar surface area (TPSA) is 347 Å². The lowest BCUT2D eigenvalue weighted by Crippen LogP contribution is -2.09. The van der Waals surface area contributed by atoms with E-state index in [4.69, 9.17) is 0 Å². The van der Waals surface area contributed by atoms with Crippen LogP contribution in [0.25, 0.3) is 0 Å². The quantitative estimate of drug-likeness (QED) is 0.0587. The molecule has 45 heavy (non-hydrogen) atoms. The fourth-order valence-corrected chi connectivity index (χ4v) is 1.94. The minimum absolute atomic E-state index is 0.218. The zero-order valence-electron chi connectivity index (χ0n) is 25.0. The van der Waals surface area contributed by atoms with E-state index < -0.39 is 29.8 Å². The van der Waals surface area contributed by atoms with Gasteiger partial charge >= 0.3 is 29.8 Å². The van der Waals surface area contributed by atoms with Crippen LogP contribution in [-0.2, 0) is 72.1 Å². The van der Waals surface area contributed by atoms with Crippen molar-refractivity contribution >= 4 is 61.3 Å². The highest BCUT2D eigenvalue weighted by molar-refractivity contribution is 5.70. The lowest BCUT2D eigenvalue weighted by atomic mass is 10.2. The van der Waals surface area contributed by atoms with Gasteiger partial charge in [0.05, 0.1) is 0 Å². The Labute approximate surface area is 259 Å². The second-order valence-electron chi connectivity index (χ2n) is 7.74. The Hall–Kier alpha value is -4.50. The Morgan fingerprint density at radius 3 is 0.556 bits per heavy atom. The predicted octanol–water partition coefficient (Wildman–Crippen LogP) is -1.14. The molecule has 0 unspecified atom stereocenters. The molecule has 0 saturated heterocycles. The average Bonchev–Trinajstić information content (AvgIpc) is 3.06. The minimum Gasteiger partial charge on any atom is -0.373 e. The summed E-state index contributed by atoms with van der Waals surface area (Å²) in [5.74, 6) is 20.2. The molecule has 0 aromatic heterocycles. The molecule has 0 fully saturated rings. The highest BCUT2D eigenvalue weighted by atomic mass is 16.7. The summed E-state index contributed by atoms with van der Waals surface area (Å²) in [7, 11) is 0. The predicted molar refractivity (Wildman–Crippen MR) is 151 cm³/mol. The summed E-state index contributed by atoms with van der Waals surface area (Å²) >= 11 is 0. The first-order chi connectivity index (χ1) is 21.5. The van der Waals surface area contributed by atoms with E-state index in [1.165, 1.54) is 0 Å². The van der Waals surface area contributed by atoms with Crippen LogP contribution in [0, 0.1) is 0 Å². The lowest BCUT2D eigenvalue weighted by Gasteiger charge is -1.92. The SMILES string of the molecule is NOC(=O)CCCC=O.NOC(=O)CCCC=O.NOC(=O)CCCC=O.NOC(=O)CCCC=O.NOC(=O)CCCC=O. The Morgan fingerprint density at radius 1 is 0.333 bits per heavy atom. The lowest BCUT2D eigenvalue weighted by molar-refractivity contribution is -0.145. The second-order valence-corrected chi connectivity index (χ2v) is 7.74. The molecule has 0 saturated carbocycles. The molecule has 0 atom stereocenters. The molecule has 0 aromatic carbocycles. The first-order valence-corrected chi connectivity index (χ1v) is 13.2. The Bertz CT molecular complexity index is 663. The van der Waals surface area contributed by atoms with Gasteiger partial charge < -0.3 is 48.2 Å². The van der Waals surface area contributed by atoms with E-state index in [0.717, 1.165) is 31.4 Å². The van der Waals surface area contributed by atoms with Crippen molar-refractivity contribution in [3.63, 3.8) is 0 Å². The van der Waals surface area contributed by atoms with E-state index in [2.05, 4.69) is 53.7 Å². The number of nitrogens with two attached hydrogens (primary N) is 5. The first kappa shape index (κ1) is 50.1. The molecule has 0 radical (unpaired) electrons. The van der Waals surface area contributed by atoms with Gasteiger partial charge in [-0.3, -0.25) is 24.0 Å². The van der Waals surface area contributed by atoms with Gasteiger partial charge in [0, 0.05) is 64.2 Å². The summed E-state index contributed by atoms with van der Waals surface area (Å²) in [6.07, 6.45) is 9.34. The second kappa shape index (κ2) is 46.5. The number of rotatable bonds is 20. The van der Waals surface area contributed by atoms with Crippen LogP contribution in [0.3, 0.4) is 0 Å². The maximum atomic E-state index is 10.2. The molecule has 0 amide bonds. The van der Waals surface area contributed by atoms with Crippen LogP contribution < -0.4 is 29.5 Å². The van der Waals surface area contributed by atoms with Gasteiger partial charge in [-0.2, -0.15) is 29.5 Å². The van der Waals surface area contributed by atoms with Crippen LogP contribution in [-0.4, -0.2) is 61.3 Å². The van der Waals surface area contributed by atoms with E-state index in [1.807, 2.05) is 0 Å². The van der Waals surface area contributed by atoms with Crippen LogP contribution >= 0.6 is 0 Å². The molecule has 0 aliphatic heterocycles. The normalized spacial score (nSPS) is 8.56. The Kier molecular flexibility index (Phi) is 51.8. The summed E-state index contributed by atoms with van der Waals surface area (Å²) < 4.78 is 0. The maximum Gasteiger partial charge on any atom is 0.324 e. The van der Waals surface area contributed by atoms with Crippen molar-refractivity contribution in [2.75, 3.05) is 0 Å². The van der Waals surface area contributed by atoms with E-state index in [0.29, 0.717) is 64.2 Å². The molecule has 0 aliphatic rings. The van der Waals surface area contributed by atoms with Gasteiger partial charge in [-0.1, -0.05) is 0 Å². The third kappa shape index (κ3) is 59.7. The van der Waals surface area contributed by atoms with Crippen molar-refractivity contribution in [2.45, 2.75) is 96.3 Å². The van der Waals surface area contributed by atoms with Crippen molar-refractivity contribution in [3.05, 3.63) is 0 Å². The average molecular weight is 656 g/mol. The van der Waals surface area contributed by atoms with Gasteiger partial charge in [0.1, 0.15) is 31.4 Å². The third-order valence-corrected chi connectivity index (χ3v) is 4.17. The smallest absolute Gasteiger partial charge is 0.324 e. The van der Waals surface area contributed by atoms with Crippen LogP contribution in [0.2, 0.25) is 0 Å². The van der Waals surface area contributed by atoms with Gasteiger partial charge in [0.2, 0.25) is 0 Å². The minimum atomic E-state index is -0.475. The number of carbonyl (C=O) groups is 10. The van der Waals surface area contributed by atoms with Gasteiger partial charge in [-0.15, -0.1) is 0 Å². The first-order valence-electron chi connectivity index (χ1n) is 13.2. The van der Waals surface area contributed by atoms with Crippen molar-refractivity contribution < 1.29 is 72.1 Å². The van der Waals surface area contributed by atoms with Crippen molar-refractivity contribution in [3.8, 4) is 0 Å². The molecule has 0 spiro atoms. The molecule has 260 valence electrons. The van der Waals surface area contributed by atoms with E-state index in [-0.39, 0.29) is 32.1 Å². The summed E-state index contributed by atoms with van der Waals surface area (Å²) in [5.41, 5.74) is 0. The number of hydrogen-bond acceptors (Lipinski definition) is 20. The van der Waals surface area contributed by atoms with E-state index in [9.17, 15) is 47.9 Å². The summed E-state index contributed by atoms with van der Waals surface area (Å²) in [5, 5.41) is 0. The fourth-order valence-electron chi connectivity index (χ4n) is 1.94. The molecule has 0 rings (SSSR count). The number of carbonyl (C=O) groups excluding carboxylic acids is 10. The van der Waals surface area contributed by atoms with Crippen LogP contribution in [0.15, 0.2) is 0 Å². The molecule has 0 heterocycles. The van der Waals surface area contributed by atoms with Gasteiger partial charge in [0.25, 0.3) is 0 Å². The molecule has 20 heteroatoms. The molecule has 0 aliphatic carbocycles. The Balaban J connectivity index is -0.000000148. The van der Waals surface area contributed by atoms with E-state index in [1.54, 1.807) is 0 Å². The molecular weight excluding hydrogens is 610 g/mol. The maximum absolute atomic E-state index is 10.2. The number of hydrogen-bond donors (Lipinski definition) is 5. The monoisotopic (exact) mass is 655 g/mol. The zero-order valence-corrected chi connectivity index (χ0v) is 25.0. The van der Waals surface area contributed by atoms with E-state index >= 15 is 0 Å². The van der Waals surface area contributed by atoms with Crippen LogP contribution in [0.1, 0.15) is 96.3 Å². The zero-order chi connectivity index (χ0) is 35.6. The molecule has 0 aromatic rings. The largest absolute Gasteiger partial charge is 0.373 e. The highest BCUT2D eigenvalue weighted by Crippen LogP contribution is 1.95.